The van der Waals surface area contributed by atoms with Gasteiger partial charge in [-0.25, -0.2) is 0 Å². The zero-order valence-corrected chi connectivity index (χ0v) is 16.9. The molecule has 0 aliphatic carbocycles. The molecule has 0 aliphatic heterocycles. The van der Waals surface area contributed by atoms with E-state index in [4.69, 9.17) is 0 Å². The summed E-state index contributed by atoms with van der Waals surface area (Å²) in [6.07, 6.45) is 1.79. The predicted molar refractivity (Wildman–Crippen MR) is 126 cm³/mol. The van der Waals surface area contributed by atoms with Gasteiger partial charge in [0, 0.05) is 5.57 Å². The van der Waals surface area contributed by atoms with Gasteiger partial charge in [-0.05, 0) is 33.4 Å². The van der Waals surface area contributed by atoms with Crippen LogP contribution in [0.15, 0.2) is 121 Å². The average Bonchev–Trinajstić information content (AvgIpc) is 3.39. The van der Waals surface area contributed by atoms with Crippen molar-refractivity contribution >= 4 is 11.1 Å². The Labute approximate surface area is 181 Å². The summed E-state index contributed by atoms with van der Waals surface area (Å²) < 4.78 is 0. The van der Waals surface area contributed by atoms with Crippen LogP contribution in [0.5, 0.6) is 0 Å². The Morgan fingerprint density at radius 1 is 0.548 bits per heavy atom. The molecule has 0 amide bonds. The highest BCUT2D eigenvalue weighted by molar-refractivity contribution is 6.06. The lowest BCUT2D eigenvalue weighted by Crippen LogP contribution is -1.99. The molecule has 0 saturated heterocycles. The maximum Gasteiger partial charge on any atom is 0.114 e. The van der Waals surface area contributed by atoms with Crippen molar-refractivity contribution in [3.8, 4) is 11.1 Å². The van der Waals surface area contributed by atoms with Gasteiger partial charge in [0.1, 0.15) is 5.69 Å². The molecule has 0 radical (unpaired) electrons. The van der Waals surface area contributed by atoms with Gasteiger partial charge < -0.3 is 0 Å². The molecule has 1 heterocycles. The minimum atomic E-state index is 0.813. The molecule has 0 unspecified atom stereocenters. The third-order valence-corrected chi connectivity index (χ3v) is 5.33. The van der Waals surface area contributed by atoms with E-state index in [1.54, 1.807) is 6.20 Å². The molecule has 0 fully saturated rings. The molecule has 0 aliphatic rings. The summed E-state index contributed by atoms with van der Waals surface area (Å²) in [5.41, 5.74) is 8.72. The van der Waals surface area contributed by atoms with E-state index in [-0.39, 0.29) is 0 Å². The van der Waals surface area contributed by atoms with Crippen molar-refractivity contribution in [1.29, 1.82) is 0 Å². The second-order valence-corrected chi connectivity index (χ2v) is 7.25. The third kappa shape index (κ3) is 3.81. The molecule has 0 spiro atoms. The van der Waals surface area contributed by atoms with Crippen LogP contribution in [0.4, 0.5) is 0 Å². The summed E-state index contributed by atoms with van der Waals surface area (Å²) >= 11 is 0. The number of aromatic amines is 1. The van der Waals surface area contributed by atoms with E-state index in [0.717, 1.165) is 33.5 Å². The van der Waals surface area contributed by atoms with Crippen molar-refractivity contribution in [1.82, 2.24) is 15.4 Å². The smallest absolute Gasteiger partial charge is 0.114 e. The van der Waals surface area contributed by atoms with Crippen molar-refractivity contribution in [2.45, 2.75) is 0 Å². The van der Waals surface area contributed by atoms with Gasteiger partial charge in [0.25, 0.3) is 0 Å². The number of H-pyrrole nitrogens is 1. The monoisotopic (exact) mass is 399 g/mol. The molecule has 3 nitrogen and oxygen atoms in total. The van der Waals surface area contributed by atoms with Crippen LogP contribution < -0.4 is 0 Å². The molecule has 0 bridgehead atoms. The molecule has 5 aromatic rings. The SMILES string of the molecule is c1ccc(C(=C(c2ccccc2)c2ccccc2-c2ccccc2)c2cn[nH]n2)cc1. The number of hydrogen-bond donors (Lipinski definition) is 1. The molecular weight excluding hydrogens is 378 g/mol. The van der Waals surface area contributed by atoms with Crippen LogP contribution in [-0.2, 0) is 0 Å². The van der Waals surface area contributed by atoms with Crippen LogP contribution in [-0.4, -0.2) is 15.4 Å². The molecule has 0 atom stereocenters. The topological polar surface area (TPSA) is 41.6 Å². The van der Waals surface area contributed by atoms with Gasteiger partial charge in [-0.3, -0.25) is 0 Å². The van der Waals surface area contributed by atoms with Crippen molar-refractivity contribution in [2.75, 3.05) is 0 Å². The van der Waals surface area contributed by atoms with E-state index < -0.39 is 0 Å². The number of hydrogen-bond acceptors (Lipinski definition) is 2. The maximum absolute atomic E-state index is 4.47. The first kappa shape index (κ1) is 18.8. The lowest BCUT2D eigenvalue weighted by atomic mass is 9.84. The van der Waals surface area contributed by atoms with Gasteiger partial charge in [-0.15, -0.1) is 0 Å². The lowest BCUT2D eigenvalue weighted by Gasteiger charge is -2.19. The predicted octanol–water partition coefficient (Wildman–Crippen LogP) is 6.48. The molecule has 3 heteroatoms. The van der Waals surface area contributed by atoms with Crippen LogP contribution in [0.25, 0.3) is 22.3 Å². The Bertz CT molecular complexity index is 1290. The quantitative estimate of drug-likeness (QED) is 0.344. The van der Waals surface area contributed by atoms with Crippen LogP contribution >= 0.6 is 0 Å². The van der Waals surface area contributed by atoms with Crippen molar-refractivity contribution < 1.29 is 0 Å². The van der Waals surface area contributed by atoms with Gasteiger partial charge >= 0.3 is 0 Å². The van der Waals surface area contributed by atoms with Crippen molar-refractivity contribution in [2.24, 2.45) is 0 Å². The Kier molecular flexibility index (Phi) is 5.23. The Morgan fingerprint density at radius 2 is 1.10 bits per heavy atom. The molecule has 148 valence electrons. The Hall–Kier alpha value is -4.24. The number of benzene rings is 4. The zero-order chi connectivity index (χ0) is 20.9. The minimum Gasteiger partial charge on any atom is -0.197 e. The molecular formula is C28H21N3. The first-order valence-electron chi connectivity index (χ1n) is 10.3. The van der Waals surface area contributed by atoms with Crippen LogP contribution in [0.3, 0.4) is 0 Å². The number of aromatic nitrogens is 3. The van der Waals surface area contributed by atoms with E-state index in [0.29, 0.717) is 0 Å². The molecule has 5 rings (SSSR count). The molecule has 0 saturated carbocycles. The lowest BCUT2D eigenvalue weighted by molar-refractivity contribution is 0.936. The highest BCUT2D eigenvalue weighted by Gasteiger charge is 2.20. The summed E-state index contributed by atoms with van der Waals surface area (Å²) in [6.45, 7) is 0. The second-order valence-electron chi connectivity index (χ2n) is 7.25. The van der Waals surface area contributed by atoms with E-state index in [2.05, 4.69) is 112 Å². The summed E-state index contributed by atoms with van der Waals surface area (Å²) in [5, 5.41) is 11.4. The van der Waals surface area contributed by atoms with Crippen LogP contribution in [0.2, 0.25) is 0 Å². The summed E-state index contributed by atoms with van der Waals surface area (Å²) in [7, 11) is 0. The molecule has 1 aromatic heterocycles. The third-order valence-electron chi connectivity index (χ3n) is 5.33. The maximum atomic E-state index is 4.47. The Morgan fingerprint density at radius 3 is 1.71 bits per heavy atom. The van der Waals surface area contributed by atoms with Gasteiger partial charge in [0.15, 0.2) is 0 Å². The Balaban J connectivity index is 1.89. The highest BCUT2D eigenvalue weighted by atomic mass is 15.3. The fourth-order valence-corrected chi connectivity index (χ4v) is 3.96. The van der Waals surface area contributed by atoms with Crippen molar-refractivity contribution in [3.05, 3.63) is 144 Å². The highest BCUT2D eigenvalue weighted by Crippen LogP contribution is 2.39. The van der Waals surface area contributed by atoms with E-state index in [9.17, 15) is 0 Å². The molecule has 1 N–H and O–H groups in total. The number of nitrogens with one attached hydrogen (secondary N) is 1. The van der Waals surface area contributed by atoms with Crippen LogP contribution in [0, 0.1) is 0 Å². The first-order chi connectivity index (χ1) is 15.4. The molecule has 4 aromatic carbocycles. The normalized spacial score (nSPS) is 11.7. The zero-order valence-electron chi connectivity index (χ0n) is 16.9. The first-order valence-corrected chi connectivity index (χ1v) is 10.3. The minimum absolute atomic E-state index is 0.813. The van der Waals surface area contributed by atoms with Gasteiger partial charge in [-0.2, -0.15) is 15.4 Å². The van der Waals surface area contributed by atoms with E-state index >= 15 is 0 Å². The second kappa shape index (κ2) is 8.64. The summed E-state index contributed by atoms with van der Waals surface area (Å²) in [5.74, 6) is 0. The van der Waals surface area contributed by atoms with E-state index in [1.807, 2.05) is 18.2 Å². The van der Waals surface area contributed by atoms with Gasteiger partial charge in [0.05, 0.1) is 6.20 Å². The average molecular weight is 399 g/mol. The summed E-state index contributed by atoms with van der Waals surface area (Å²) in [4.78, 5) is 0. The van der Waals surface area contributed by atoms with E-state index in [1.165, 1.54) is 11.1 Å². The fourth-order valence-electron chi connectivity index (χ4n) is 3.96. The van der Waals surface area contributed by atoms with Crippen LogP contribution in [0.1, 0.15) is 22.4 Å². The van der Waals surface area contributed by atoms with Gasteiger partial charge in [0.2, 0.25) is 0 Å². The largest absolute Gasteiger partial charge is 0.197 e. The van der Waals surface area contributed by atoms with Crippen molar-refractivity contribution in [3.63, 3.8) is 0 Å². The standard InChI is InChI=1S/C28H21N3/c1-4-12-21(13-5-1)24-18-10-11-19-25(24)27(22-14-6-2-7-15-22)28(26-20-29-31-30-26)23-16-8-3-9-17-23/h1-20H,(H,29,30,31). The summed E-state index contributed by atoms with van der Waals surface area (Å²) in [6, 6.07) is 39.9. The number of rotatable bonds is 5. The van der Waals surface area contributed by atoms with Gasteiger partial charge in [-0.1, -0.05) is 115 Å². The number of nitrogens with zero attached hydrogens (tertiary/aromatic N) is 2. The fraction of sp³-hybridized carbons (Fsp3) is 0. The molecule has 31 heavy (non-hydrogen) atoms.